The molecule has 1 unspecified atom stereocenters. The maximum atomic E-state index is 5.35. The number of hydrogen-bond acceptors (Lipinski definition) is 2. The zero-order chi connectivity index (χ0) is 8.53. The van der Waals surface area contributed by atoms with Gasteiger partial charge in [0.2, 0.25) is 0 Å². The summed E-state index contributed by atoms with van der Waals surface area (Å²) in [6, 6.07) is 0.438. The molecule has 0 saturated carbocycles. The highest BCUT2D eigenvalue weighted by molar-refractivity contribution is 6.25. The summed E-state index contributed by atoms with van der Waals surface area (Å²) >= 11 is 5.35. The molecule has 0 fully saturated rings. The van der Waals surface area contributed by atoms with Crippen LogP contribution in [0.25, 0.3) is 0 Å². The van der Waals surface area contributed by atoms with E-state index in [1.54, 1.807) is 7.11 Å². The standard InChI is InChI=1S/C8H16ClNO/c1-3-8(7-11-2)10-6-4-5-9/h4-5,8,10H,3,6-7H2,1-2H3/b5-4+. The van der Waals surface area contributed by atoms with E-state index < -0.39 is 0 Å². The molecule has 0 amide bonds. The number of methoxy groups -OCH3 is 1. The number of hydrogen-bond donors (Lipinski definition) is 1. The molecule has 0 heterocycles. The molecule has 0 aromatic carbocycles. The second-order valence-electron chi connectivity index (χ2n) is 2.33. The minimum atomic E-state index is 0.438. The van der Waals surface area contributed by atoms with Crippen molar-refractivity contribution in [3.8, 4) is 0 Å². The Kier molecular flexibility index (Phi) is 8.01. The highest BCUT2D eigenvalue weighted by Gasteiger charge is 2.01. The monoisotopic (exact) mass is 177 g/mol. The van der Waals surface area contributed by atoms with Gasteiger partial charge in [0.15, 0.2) is 0 Å². The van der Waals surface area contributed by atoms with Crippen LogP contribution in [0.5, 0.6) is 0 Å². The molecule has 0 rings (SSSR count). The van der Waals surface area contributed by atoms with Gasteiger partial charge in [-0.25, -0.2) is 0 Å². The van der Waals surface area contributed by atoms with Crippen molar-refractivity contribution in [3.63, 3.8) is 0 Å². The highest BCUT2D eigenvalue weighted by atomic mass is 35.5. The van der Waals surface area contributed by atoms with Gasteiger partial charge in [0, 0.05) is 25.2 Å². The fraction of sp³-hybridized carbons (Fsp3) is 0.750. The fourth-order valence-corrected chi connectivity index (χ4v) is 0.891. The lowest BCUT2D eigenvalue weighted by Gasteiger charge is -2.13. The Hall–Kier alpha value is -0.0500. The Morgan fingerprint density at radius 1 is 1.64 bits per heavy atom. The van der Waals surface area contributed by atoms with Gasteiger partial charge in [-0.15, -0.1) is 0 Å². The molecule has 11 heavy (non-hydrogen) atoms. The zero-order valence-electron chi connectivity index (χ0n) is 7.14. The van der Waals surface area contributed by atoms with E-state index in [9.17, 15) is 0 Å². The summed E-state index contributed by atoms with van der Waals surface area (Å²) < 4.78 is 5.01. The van der Waals surface area contributed by atoms with Gasteiger partial charge in [-0.05, 0) is 6.42 Å². The normalized spacial score (nSPS) is 14.1. The second-order valence-corrected chi connectivity index (χ2v) is 2.58. The zero-order valence-corrected chi connectivity index (χ0v) is 7.90. The molecule has 0 aromatic heterocycles. The van der Waals surface area contributed by atoms with Crippen LogP contribution in [0, 0.1) is 0 Å². The van der Waals surface area contributed by atoms with E-state index >= 15 is 0 Å². The van der Waals surface area contributed by atoms with E-state index in [4.69, 9.17) is 16.3 Å². The molecular formula is C8H16ClNO. The van der Waals surface area contributed by atoms with Crippen LogP contribution in [0.1, 0.15) is 13.3 Å². The Balaban J connectivity index is 3.35. The first kappa shape index (κ1) is 11.0. The van der Waals surface area contributed by atoms with Crippen LogP contribution in [0.2, 0.25) is 0 Å². The van der Waals surface area contributed by atoms with Crippen molar-refractivity contribution in [2.75, 3.05) is 20.3 Å². The lowest BCUT2D eigenvalue weighted by molar-refractivity contribution is 0.166. The molecule has 0 spiro atoms. The smallest absolute Gasteiger partial charge is 0.0615 e. The topological polar surface area (TPSA) is 21.3 Å². The van der Waals surface area contributed by atoms with Crippen LogP contribution in [-0.2, 0) is 4.74 Å². The maximum absolute atomic E-state index is 5.35. The molecule has 0 bridgehead atoms. The summed E-state index contributed by atoms with van der Waals surface area (Å²) in [5, 5.41) is 3.28. The third-order valence-corrected chi connectivity index (χ3v) is 1.65. The van der Waals surface area contributed by atoms with Gasteiger partial charge in [0.25, 0.3) is 0 Å². The predicted molar refractivity (Wildman–Crippen MR) is 49.0 cm³/mol. The van der Waals surface area contributed by atoms with Crippen molar-refractivity contribution in [2.45, 2.75) is 19.4 Å². The Morgan fingerprint density at radius 3 is 2.82 bits per heavy atom. The fourth-order valence-electron chi connectivity index (χ4n) is 0.802. The molecule has 0 aliphatic heterocycles. The average Bonchev–Trinajstić information content (AvgIpc) is 2.03. The van der Waals surface area contributed by atoms with Crippen LogP contribution in [0.3, 0.4) is 0 Å². The van der Waals surface area contributed by atoms with Gasteiger partial charge in [-0.3, -0.25) is 0 Å². The van der Waals surface area contributed by atoms with Gasteiger partial charge in [-0.2, -0.15) is 0 Å². The number of halogens is 1. The van der Waals surface area contributed by atoms with Gasteiger partial charge in [-0.1, -0.05) is 24.6 Å². The van der Waals surface area contributed by atoms with E-state index in [0.29, 0.717) is 6.04 Å². The van der Waals surface area contributed by atoms with Crippen LogP contribution < -0.4 is 5.32 Å². The summed E-state index contributed by atoms with van der Waals surface area (Å²) in [6.07, 6.45) is 2.95. The number of rotatable bonds is 6. The van der Waals surface area contributed by atoms with Crippen molar-refractivity contribution in [1.29, 1.82) is 0 Å². The van der Waals surface area contributed by atoms with Gasteiger partial charge in [0.05, 0.1) is 6.61 Å². The molecule has 2 nitrogen and oxygen atoms in total. The summed E-state index contributed by atoms with van der Waals surface area (Å²) in [7, 11) is 1.71. The SMILES string of the molecule is CCC(COC)NC/C=C/Cl. The van der Waals surface area contributed by atoms with E-state index in [0.717, 1.165) is 19.6 Å². The van der Waals surface area contributed by atoms with E-state index in [2.05, 4.69) is 12.2 Å². The van der Waals surface area contributed by atoms with Gasteiger partial charge < -0.3 is 10.1 Å². The third kappa shape index (κ3) is 6.35. The Bertz CT molecular complexity index is 106. The third-order valence-electron chi connectivity index (χ3n) is 1.47. The quantitative estimate of drug-likeness (QED) is 0.668. The molecular weight excluding hydrogens is 162 g/mol. The van der Waals surface area contributed by atoms with E-state index in [-0.39, 0.29) is 0 Å². The molecule has 0 saturated heterocycles. The summed E-state index contributed by atoms with van der Waals surface area (Å²) in [6.45, 7) is 3.69. The van der Waals surface area contributed by atoms with Crippen molar-refractivity contribution >= 4 is 11.6 Å². The van der Waals surface area contributed by atoms with Crippen LogP contribution in [0.4, 0.5) is 0 Å². The first-order valence-electron chi connectivity index (χ1n) is 3.82. The number of nitrogens with one attached hydrogen (secondary N) is 1. The second kappa shape index (κ2) is 8.05. The minimum Gasteiger partial charge on any atom is -0.383 e. The molecule has 1 atom stereocenters. The predicted octanol–water partition coefficient (Wildman–Crippen LogP) is 1.75. The lowest BCUT2D eigenvalue weighted by Crippen LogP contribution is -2.32. The number of ether oxygens (including phenoxy) is 1. The Morgan fingerprint density at radius 2 is 2.36 bits per heavy atom. The van der Waals surface area contributed by atoms with E-state index in [1.807, 2.05) is 6.08 Å². The van der Waals surface area contributed by atoms with Crippen molar-refractivity contribution in [2.24, 2.45) is 0 Å². The van der Waals surface area contributed by atoms with Crippen molar-refractivity contribution in [3.05, 3.63) is 11.6 Å². The maximum Gasteiger partial charge on any atom is 0.0615 e. The van der Waals surface area contributed by atoms with E-state index in [1.165, 1.54) is 5.54 Å². The molecule has 3 heteroatoms. The first-order valence-corrected chi connectivity index (χ1v) is 4.26. The minimum absolute atomic E-state index is 0.438. The summed E-state index contributed by atoms with van der Waals surface area (Å²) in [4.78, 5) is 0. The van der Waals surface area contributed by atoms with Crippen LogP contribution in [-0.4, -0.2) is 26.3 Å². The lowest BCUT2D eigenvalue weighted by atomic mass is 10.2. The van der Waals surface area contributed by atoms with Crippen LogP contribution in [0.15, 0.2) is 11.6 Å². The molecule has 1 N–H and O–H groups in total. The molecule has 0 aliphatic rings. The summed E-state index contributed by atoms with van der Waals surface area (Å²) in [5.74, 6) is 0. The van der Waals surface area contributed by atoms with Gasteiger partial charge >= 0.3 is 0 Å². The summed E-state index contributed by atoms with van der Waals surface area (Å²) in [5.41, 5.74) is 1.52. The average molecular weight is 178 g/mol. The highest BCUT2D eigenvalue weighted by Crippen LogP contribution is 1.90. The van der Waals surface area contributed by atoms with Gasteiger partial charge in [0.1, 0.15) is 0 Å². The molecule has 0 radical (unpaired) electrons. The van der Waals surface area contributed by atoms with Crippen molar-refractivity contribution < 1.29 is 4.74 Å². The van der Waals surface area contributed by atoms with Crippen molar-refractivity contribution in [1.82, 2.24) is 5.32 Å². The Labute approximate surface area is 73.6 Å². The molecule has 0 aromatic rings. The first-order chi connectivity index (χ1) is 5.35. The molecule has 0 aliphatic carbocycles. The largest absolute Gasteiger partial charge is 0.383 e. The van der Waals surface area contributed by atoms with Crippen LogP contribution >= 0.6 is 11.6 Å². The molecule has 66 valence electrons.